The minimum atomic E-state index is 0.437. The number of hydrogen-bond donors (Lipinski definition) is 1. The summed E-state index contributed by atoms with van der Waals surface area (Å²) in [6.45, 7) is 13.8. The first-order valence-corrected chi connectivity index (χ1v) is 7.53. The number of thiol groups is 1. The van der Waals surface area contributed by atoms with Crippen molar-refractivity contribution in [3.63, 3.8) is 0 Å². The highest BCUT2D eigenvalue weighted by molar-refractivity contribution is 7.80. The summed E-state index contributed by atoms with van der Waals surface area (Å²) in [5.74, 6) is 1.03. The van der Waals surface area contributed by atoms with E-state index in [1.165, 1.54) is 32.2 Å². The molecule has 0 fully saturated rings. The first kappa shape index (κ1) is 16.3. The quantitative estimate of drug-likeness (QED) is 0.595. The molecule has 0 amide bonds. The van der Waals surface area contributed by atoms with E-state index < -0.39 is 0 Å². The molecule has 0 rings (SSSR count). The summed E-state index contributed by atoms with van der Waals surface area (Å²) in [4.78, 5) is 2.58. The Balaban J connectivity index is 4.59. The van der Waals surface area contributed by atoms with Gasteiger partial charge in [-0.2, -0.15) is 12.6 Å². The topological polar surface area (TPSA) is 3.24 Å². The largest absolute Gasteiger partial charge is 0.301 e. The van der Waals surface area contributed by atoms with Gasteiger partial charge in [-0.25, -0.2) is 0 Å². The van der Waals surface area contributed by atoms with Crippen LogP contribution in [0, 0.1) is 5.41 Å². The number of rotatable bonds is 9. The fourth-order valence-electron chi connectivity index (χ4n) is 2.64. The van der Waals surface area contributed by atoms with Crippen LogP contribution in [0.25, 0.3) is 0 Å². The molecule has 0 aromatic heterocycles. The van der Waals surface area contributed by atoms with Crippen LogP contribution in [-0.4, -0.2) is 29.8 Å². The van der Waals surface area contributed by atoms with E-state index in [1.807, 2.05) is 0 Å². The Morgan fingerprint density at radius 3 is 1.81 bits per heavy atom. The second-order valence-corrected chi connectivity index (χ2v) is 5.63. The molecule has 0 aliphatic heterocycles. The average molecular weight is 245 g/mol. The van der Waals surface area contributed by atoms with Gasteiger partial charge < -0.3 is 4.90 Å². The van der Waals surface area contributed by atoms with Gasteiger partial charge in [0.15, 0.2) is 0 Å². The minimum Gasteiger partial charge on any atom is -0.301 e. The van der Waals surface area contributed by atoms with Crippen LogP contribution in [0.4, 0.5) is 0 Å². The minimum absolute atomic E-state index is 0.437. The molecule has 0 aliphatic rings. The van der Waals surface area contributed by atoms with E-state index >= 15 is 0 Å². The zero-order chi connectivity index (χ0) is 12.6. The highest BCUT2D eigenvalue weighted by Gasteiger charge is 2.29. The summed E-state index contributed by atoms with van der Waals surface area (Å²) < 4.78 is 0. The van der Waals surface area contributed by atoms with E-state index in [0.29, 0.717) is 11.5 Å². The van der Waals surface area contributed by atoms with Crippen molar-refractivity contribution in [2.75, 3.05) is 18.8 Å². The van der Waals surface area contributed by atoms with E-state index in [9.17, 15) is 0 Å². The van der Waals surface area contributed by atoms with Crippen molar-refractivity contribution in [3.8, 4) is 0 Å². The maximum Gasteiger partial charge on any atom is 0.00484 e. The zero-order valence-electron chi connectivity index (χ0n) is 11.9. The van der Waals surface area contributed by atoms with Gasteiger partial charge in [0.25, 0.3) is 0 Å². The van der Waals surface area contributed by atoms with Crippen LogP contribution in [0.15, 0.2) is 0 Å². The van der Waals surface area contributed by atoms with Gasteiger partial charge in [0.2, 0.25) is 0 Å². The molecule has 0 atom stereocenters. The molecule has 16 heavy (non-hydrogen) atoms. The predicted molar refractivity (Wildman–Crippen MR) is 78.5 cm³/mol. The fraction of sp³-hybridized carbons (Fsp3) is 1.00. The van der Waals surface area contributed by atoms with E-state index in [-0.39, 0.29) is 0 Å². The van der Waals surface area contributed by atoms with Crippen LogP contribution in [0.1, 0.15) is 60.3 Å². The van der Waals surface area contributed by atoms with Crippen molar-refractivity contribution in [1.29, 1.82) is 0 Å². The highest BCUT2D eigenvalue weighted by Crippen LogP contribution is 2.32. The first-order valence-electron chi connectivity index (χ1n) is 6.90. The molecule has 0 bridgehead atoms. The number of nitrogens with zero attached hydrogens (tertiary/aromatic N) is 1. The van der Waals surface area contributed by atoms with E-state index in [4.69, 9.17) is 0 Å². The summed E-state index contributed by atoms with van der Waals surface area (Å²) in [6.07, 6.45) is 5.17. The third-order valence-corrected chi connectivity index (χ3v) is 4.24. The third kappa shape index (κ3) is 5.09. The molecule has 0 radical (unpaired) electrons. The lowest BCUT2D eigenvalue weighted by atomic mass is 9.80. The van der Waals surface area contributed by atoms with Crippen molar-refractivity contribution in [3.05, 3.63) is 0 Å². The SMILES string of the molecule is CCCC(CS)(CCC)CN(CC)C(C)C. The third-order valence-electron chi connectivity index (χ3n) is 3.57. The molecule has 2 heteroatoms. The van der Waals surface area contributed by atoms with Crippen molar-refractivity contribution >= 4 is 12.6 Å². The monoisotopic (exact) mass is 245 g/mol. The molecule has 0 aromatic carbocycles. The molecule has 0 heterocycles. The summed E-state index contributed by atoms with van der Waals surface area (Å²) >= 11 is 4.62. The standard InChI is InChI=1S/C14H31NS/c1-6-9-14(12-16,10-7-2)11-15(8-3)13(4)5/h13,16H,6-12H2,1-5H3. The van der Waals surface area contributed by atoms with Crippen molar-refractivity contribution in [2.45, 2.75) is 66.3 Å². The predicted octanol–water partition coefficient (Wildman–Crippen LogP) is 4.23. The molecule has 98 valence electrons. The van der Waals surface area contributed by atoms with Gasteiger partial charge in [0, 0.05) is 12.6 Å². The lowest BCUT2D eigenvalue weighted by Crippen LogP contribution is -2.42. The Hall–Kier alpha value is 0.310. The second kappa shape index (κ2) is 8.41. The van der Waals surface area contributed by atoms with Gasteiger partial charge >= 0.3 is 0 Å². The van der Waals surface area contributed by atoms with Crippen LogP contribution in [0.5, 0.6) is 0 Å². The molecule has 0 aromatic rings. The molecular weight excluding hydrogens is 214 g/mol. The summed E-state index contributed by atoms with van der Waals surface area (Å²) in [7, 11) is 0. The molecule has 0 saturated carbocycles. The maximum atomic E-state index is 4.62. The van der Waals surface area contributed by atoms with Crippen molar-refractivity contribution in [2.24, 2.45) is 5.41 Å². The average Bonchev–Trinajstić information content (AvgIpc) is 2.25. The second-order valence-electron chi connectivity index (χ2n) is 5.31. The lowest BCUT2D eigenvalue weighted by molar-refractivity contribution is 0.125. The first-order chi connectivity index (χ1) is 7.55. The van der Waals surface area contributed by atoms with E-state index in [0.717, 1.165) is 12.3 Å². The van der Waals surface area contributed by atoms with Gasteiger partial charge in [-0.15, -0.1) is 0 Å². The zero-order valence-corrected chi connectivity index (χ0v) is 12.8. The highest BCUT2D eigenvalue weighted by atomic mass is 32.1. The lowest BCUT2D eigenvalue weighted by Gasteiger charge is -2.39. The van der Waals surface area contributed by atoms with Crippen LogP contribution in [0.2, 0.25) is 0 Å². The van der Waals surface area contributed by atoms with Gasteiger partial charge in [0.1, 0.15) is 0 Å². The molecule has 0 saturated heterocycles. The normalized spacial score (nSPS) is 12.8. The van der Waals surface area contributed by atoms with Crippen LogP contribution in [-0.2, 0) is 0 Å². The van der Waals surface area contributed by atoms with Crippen LogP contribution >= 0.6 is 12.6 Å². The van der Waals surface area contributed by atoms with Crippen LogP contribution < -0.4 is 0 Å². The Bertz CT molecular complexity index is 162. The number of hydrogen-bond acceptors (Lipinski definition) is 2. The molecular formula is C14H31NS. The molecule has 0 N–H and O–H groups in total. The van der Waals surface area contributed by atoms with Gasteiger partial charge in [0.05, 0.1) is 0 Å². The van der Waals surface area contributed by atoms with E-state index in [1.54, 1.807) is 0 Å². The van der Waals surface area contributed by atoms with E-state index in [2.05, 4.69) is 52.1 Å². The van der Waals surface area contributed by atoms with Gasteiger partial charge in [-0.05, 0) is 44.4 Å². The smallest absolute Gasteiger partial charge is 0.00484 e. The summed E-state index contributed by atoms with van der Waals surface area (Å²) in [5.41, 5.74) is 0.437. The fourth-order valence-corrected chi connectivity index (χ4v) is 3.06. The Morgan fingerprint density at radius 1 is 1.06 bits per heavy atom. The Kier molecular flexibility index (Phi) is 8.57. The molecule has 0 unspecified atom stereocenters. The summed E-state index contributed by atoms with van der Waals surface area (Å²) in [5, 5.41) is 0. The van der Waals surface area contributed by atoms with Gasteiger partial charge in [-0.1, -0.05) is 33.6 Å². The molecule has 1 nitrogen and oxygen atoms in total. The van der Waals surface area contributed by atoms with Crippen LogP contribution in [0.3, 0.4) is 0 Å². The van der Waals surface area contributed by atoms with Crippen molar-refractivity contribution < 1.29 is 0 Å². The molecule has 0 aliphatic carbocycles. The Morgan fingerprint density at radius 2 is 1.56 bits per heavy atom. The maximum absolute atomic E-state index is 4.62. The molecule has 0 spiro atoms. The Labute approximate surface area is 108 Å². The summed E-state index contributed by atoms with van der Waals surface area (Å²) in [6, 6.07) is 0.651. The van der Waals surface area contributed by atoms with Crippen molar-refractivity contribution in [1.82, 2.24) is 4.90 Å². The van der Waals surface area contributed by atoms with Gasteiger partial charge in [-0.3, -0.25) is 0 Å².